The van der Waals surface area contributed by atoms with Crippen LogP contribution in [0.3, 0.4) is 0 Å². The van der Waals surface area contributed by atoms with Gasteiger partial charge in [0.25, 0.3) is 5.91 Å². The van der Waals surface area contributed by atoms with Gasteiger partial charge in [0.1, 0.15) is 12.2 Å². The maximum atomic E-state index is 12.5. The van der Waals surface area contributed by atoms with E-state index < -0.39 is 40.2 Å². The number of hydrogen-bond donors (Lipinski definition) is 5. The Morgan fingerprint density at radius 3 is 2.51 bits per heavy atom. The second-order valence-electron chi connectivity index (χ2n) is 8.08. The number of amides is 1. The average Bonchev–Trinajstić information content (AvgIpc) is 2.86. The van der Waals surface area contributed by atoms with Gasteiger partial charge in [-0.05, 0) is 56.0 Å². The molecule has 3 rings (SSSR count). The highest BCUT2D eigenvalue weighted by atomic mass is 32.2. The summed E-state index contributed by atoms with van der Waals surface area (Å²) in [5.41, 5.74) is 1.23. The second-order valence-corrected chi connectivity index (χ2v) is 9.96. The molecule has 1 fully saturated rings. The number of sulfonamides is 1. The van der Waals surface area contributed by atoms with E-state index >= 15 is 0 Å². The quantitative estimate of drug-likeness (QED) is 0.271. The summed E-state index contributed by atoms with van der Waals surface area (Å²) in [6.45, 7) is 0.0654. The molecule has 1 aromatic heterocycles. The monoisotopic (exact) mass is 506 g/mol. The van der Waals surface area contributed by atoms with Crippen LogP contribution in [0.4, 0.5) is 11.6 Å². The summed E-state index contributed by atoms with van der Waals surface area (Å²) in [7, 11) is -3.91. The molecule has 0 radical (unpaired) electrons. The summed E-state index contributed by atoms with van der Waals surface area (Å²) in [6, 6.07) is 7.12. The van der Waals surface area contributed by atoms with E-state index in [0.717, 1.165) is 31.5 Å². The lowest BCUT2D eigenvalue weighted by Crippen LogP contribution is -2.49. The smallest absolute Gasteiger partial charge is 0.323 e. The van der Waals surface area contributed by atoms with Gasteiger partial charge in [-0.3, -0.25) is 9.59 Å². The third-order valence-electron chi connectivity index (χ3n) is 5.48. The molecule has 1 saturated heterocycles. The van der Waals surface area contributed by atoms with Gasteiger partial charge < -0.3 is 25.7 Å². The molecule has 1 aromatic carbocycles. The molecule has 1 unspecified atom stereocenters. The van der Waals surface area contributed by atoms with Crippen LogP contribution in [-0.2, 0) is 14.8 Å². The SMILES string of the molecule is O=C(NC[C@H](NS(=O)(=O)CCCO)C(=O)O)c1ccc(N2CCCCC2Nc2ncccn2)cc1. The van der Waals surface area contributed by atoms with Gasteiger partial charge in [-0.25, -0.2) is 18.4 Å². The Morgan fingerprint density at radius 1 is 1.14 bits per heavy atom. The third-order valence-corrected chi connectivity index (χ3v) is 6.95. The summed E-state index contributed by atoms with van der Waals surface area (Å²) in [4.78, 5) is 34.6. The van der Waals surface area contributed by atoms with Gasteiger partial charge in [0.15, 0.2) is 0 Å². The van der Waals surface area contributed by atoms with E-state index in [-0.39, 0.29) is 19.2 Å². The number of piperidine rings is 1. The van der Waals surface area contributed by atoms with Crippen molar-refractivity contribution in [3.8, 4) is 0 Å². The number of carboxylic acid groups (broad SMARTS) is 1. The van der Waals surface area contributed by atoms with Crippen LogP contribution in [0.15, 0.2) is 42.7 Å². The van der Waals surface area contributed by atoms with E-state index in [1.807, 2.05) is 16.9 Å². The number of carboxylic acids is 1. The maximum Gasteiger partial charge on any atom is 0.323 e. The molecule has 12 nitrogen and oxygen atoms in total. The minimum Gasteiger partial charge on any atom is -0.480 e. The maximum absolute atomic E-state index is 12.5. The minimum atomic E-state index is -3.91. The molecular formula is C22H30N6O6S. The normalized spacial score (nSPS) is 16.9. The number of anilines is 2. The largest absolute Gasteiger partial charge is 0.480 e. The van der Waals surface area contributed by atoms with Gasteiger partial charge in [0, 0.05) is 43.3 Å². The number of carbonyl (C=O) groups is 2. The fourth-order valence-corrected chi connectivity index (χ4v) is 4.97. The summed E-state index contributed by atoms with van der Waals surface area (Å²) in [5.74, 6) is -1.81. The minimum absolute atomic E-state index is 0.000933. The number of carbonyl (C=O) groups excluding carboxylic acids is 1. The van der Waals surface area contributed by atoms with Crippen molar-refractivity contribution in [2.75, 3.05) is 35.7 Å². The Hall–Kier alpha value is -3.29. The van der Waals surface area contributed by atoms with Crippen molar-refractivity contribution in [3.63, 3.8) is 0 Å². The molecule has 190 valence electrons. The third kappa shape index (κ3) is 7.87. The van der Waals surface area contributed by atoms with Crippen LogP contribution in [-0.4, -0.2) is 78.1 Å². The summed E-state index contributed by atoms with van der Waals surface area (Å²) in [6.07, 6.45) is 6.32. The molecular weight excluding hydrogens is 476 g/mol. The summed E-state index contributed by atoms with van der Waals surface area (Å²) >= 11 is 0. The van der Waals surface area contributed by atoms with Crippen LogP contribution < -0.4 is 20.3 Å². The Balaban J connectivity index is 1.60. The number of benzene rings is 1. The Labute approximate surface area is 203 Å². The summed E-state index contributed by atoms with van der Waals surface area (Å²) in [5, 5.41) is 23.9. The van der Waals surface area contributed by atoms with Crippen molar-refractivity contribution in [2.45, 2.75) is 37.9 Å². The fourth-order valence-electron chi connectivity index (χ4n) is 3.72. The zero-order valence-electron chi connectivity index (χ0n) is 19.1. The molecule has 1 amide bonds. The molecule has 35 heavy (non-hydrogen) atoms. The van der Waals surface area contributed by atoms with Gasteiger partial charge in [0.2, 0.25) is 16.0 Å². The van der Waals surface area contributed by atoms with Crippen molar-refractivity contribution in [2.24, 2.45) is 0 Å². The number of hydrogen-bond acceptors (Lipinski definition) is 9. The predicted molar refractivity (Wildman–Crippen MR) is 129 cm³/mol. The van der Waals surface area contributed by atoms with E-state index in [1.54, 1.807) is 30.6 Å². The van der Waals surface area contributed by atoms with Crippen LogP contribution in [0.2, 0.25) is 0 Å². The highest BCUT2D eigenvalue weighted by Gasteiger charge is 2.25. The van der Waals surface area contributed by atoms with Crippen molar-refractivity contribution in [1.29, 1.82) is 0 Å². The second kappa shape index (κ2) is 12.4. The summed E-state index contributed by atoms with van der Waals surface area (Å²) < 4.78 is 25.9. The van der Waals surface area contributed by atoms with Crippen LogP contribution in [0.5, 0.6) is 0 Å². The molecule has 0 spiro atoms. The van der Waals surface area contributed by atoms with Crippen molar-refractivity contribution >= 4 is 33.5 Å². The number of aliphatic carboxylic acids is 1. The number of aliphatic hydroxyl groups is 1. The fraction of sp³-hybridized carbons (Fsp3) is 0.455. The highest BCUT2D eigenvalue weighted by Crippen LogP contribution is 2.25. The van der Waals surface area contributed by atoms with E-state index in [0.29, 0.717) is 11.5 Å². The van der Waals surface area contributed by atoms with E-state index in [2.05, 4.69) is 25.5 Å². The number of rotatable bonds is 12. The van der Waals surface area contributed by atoms with Crippen LogP contribution in [0, 0.1) is 0 Å². The van der Waals surface area contributed by atoms with E-state index in [9.17, 15) is 23.1 Å². The molecule has 2 atom stereocenters. The number of nitrogens with one attached hydrogen (secondary N) is 3. The molecule has 13 heteroatoms. The van der Waals surface area contributed by atoms with Crippen LogP contribution in [0.25, 0.3) is 0 Å². The molecule has 1 aliphatic heterocycles. The Bertz CT molecular complexity index is 1080. The van der Waals surface area contributed by atoms with Gasteiger partial charge >= 0.3 is 5.97 Å². The van der Waals surface area contributed by atoms with Gasteiger partial charge in [0.05, 0.1) is 5.75 Å². The predicted octanol–water partition coefficient (Wildman–Crippen LogP) is 0.390. The van der Waals surface area contributed by atoms with Gasteiger partial charge in [-0.1, -0.05) is 0 Å². The zero-order valence-corrected chi connectivity index (χ0v) is 19.9. The van der Waals surface area contributed by atoms with Gasteiger partial charge in [-0.2, -0.15) is 4.72 Å². The van der Waals surface area contributed by atoms with Crippen LogP contribution in [0.1, 0.15) is 36.0 Å². The number of aliphatic hydroxyl groups excluding tert-OH is 1. The van der Waals surface area contributed by atoms with Crippen molar-refractivity contribution in [3.05, 3.63) is 48.3 Å². The highest BCUT2D eigenvalue weighted by molar-refractivity contribution is 7.89. The Morgan fingerprint density at radius 2 is 1.86 bits per heavy atom. The molecule has 0 saturated carbocycles. The van der Waals surface area contributed by atoms with Gasteiger partial charge in [-0.15, -0.1) is 0 Å². The van der Waals surface area contributed by atoms with Crippen molar-refractivity contribution < 1.29 is 28.2 Å². The standard InChI is InChI=1S/C22H30N6O6S/c29-13-4-14-35(33,34)27-18(21(31)32)15-25-20(30)16-6-8-17(9-7-16)28-12-2-1-5-19(28)26-22-23-10-3-11-24-22/h3,6-11,18-19,27,29H,1-2,4-5,12-15H2,(H,25,30)(H,31,32)(H,23,24,26)/t18-,19?/m0/s1. The first-order chi connectivity index (χ1) is 16.8. The molecule has 1 aliphatic rings. The topological polar surface area (TPSA) is 174 Å². The number of nitrogens with zero attached hydrogens (tertiary/aromatic N) is 3. The molecule has 2 heterocycles. The Kier molecular flexibility index (Phi) is 9.34. The first-order valence-corrected chi connectivity index (χ1v) is 13.0. The molecule has 0 bridgehead atoms. The first-order valence-electron chi connectivity index (χ1n) is 11.3. The molecule has 0 aliphatic carbocycles. The number of aromatic nitrogens is 2. The average molecular weight is 507 g/mol. The molecule has 2 aromatic rings. The molecule has 5 N–H and O–H groups in total. The first kappa shape index (κ1) is 26.3. The van der Waals surface area contributed by atoms with Crippen LogP contribution >= 0.6 is 0 Å². The van der Waals surface area contributed by atoms with Crippen molar-refractivity contribution in [1.82, 2.24) is 20.0 Å². The lowest BCUT2D eigenvalue weighted by atomic mass is 10.1. The van der Waals surface area contributed by atoms with E-state index in [1.165, 1.54) is 0 Å². The lowest BCUT2D eigenvalue weighted by Gasteiger charge is -2.38. The van der Waals surface area contributed by atoms with E-state index in [4.69, 9.17) is 5.11 Å². The lowest BCUT2D eigenvalue weighted by molar-refractivity contribution is -0.138. The zero-order chi connectivity index (χ0) is 25.3.